The average molecular weight is 519 g/mol. The van der Waals surface area contributed by atoms with Gasteiger partial charge in [-0.15, -0.1) is 0 Å². The molecule has 7 nitrogen and oxygen atoms in total. The van der Waals surface area contributed by atoms with Gasteiger partial charge in [0, 0.05) is 58.6 Å². The number of aromatic nitrogens is 5. The van der Waals surface area contributed by atoms with E-state index in [2.05, 4.69) is 48.2 Å². The number of hydrogen-bond donors (Lipinski definition) is 3. The highest BCUT2D eigenvalue weighted by Gasteiger charge is 2.16. The lowest BCUT2D eigenvalue weighted by molar-refractivity contribution is 0.220. The normalized spacial score (nSPS) is 14.4. The fourth-order valence-electron chi connectivity index (χ4n) is 5.63. The first kappa shape index (κ1) is 23.5. The Kier molecular flexibility index (Phi) is 5.82. The van der Waals surface area contributed by atoms with Gasteiger partial charge in [-0.1, -0.05) is 12.5 Å². The Morgan fingerprint density at radius 1 is 0.821 bits per heavy atom. The summed E-state index contributed by atoms with van der Waals surface area (Å²) in [6, 6.07) is 16.3. The molecule has 6 aromatic rings. The molecule has 0 unspecified atom stereocenters. The van der Waals surface area contributed by atoms with Crippen LogP contribution in [0.15, 0.2) is 73.2 Å². The molecule has 5 heterocycles. The number of hydrogen-bond acceptors (Lipinski definition) is 5. The molecule has 0 aliphatic carbocycles. The number of aromatic hydroxyl groups is 1. The fraction of sp³-hybridized carbons (Fsp3) is 0.194. The summed E-state index contributed by atoms with van der Waals surface area (Å²) in [6.45, 7) is 3.22. The minimum atomic E-state index is -0.514. The summed E-state index contributed by atoms with van der Waals surface area (Å²) in [5.41, 5.74) is 7.85. The molecule has 1 fully saturated rings. The number of phenols is 1. The van der Waals surface area contributed by atoms with Crippen molar-refractivity contribution in [3.63, 3.8) is 0 Å². The zero-order valence-electron chi connectivity index (χ0n) is 21.3. The van der Waals surface area contributed by atoms with Crippen molar-refractivity contribution in [2.24, 2.45) is 0 Å². The van der Waals surface area contributed by atoms with Crippen LogP contribution >= 0.6 is 0 Å². The van der Waals surface area contributed by atoms with Crippen molar-refractivity contribution in [2.75, 3.05) is 13.1 Å². The van der Waals surface area contributed by atoms with E-state index in [1.807, 2.05) is 30.6 Å². The van der Waals surface area contributed by atoms with Gasteiger partial charge < -0.3 is 10.1 Å². The van der Waals surface area contributed by atoms with Crippen LogP contribution in [0.1, 0.15) is 24.8 Å². The van der Waals surface area contributed by atoms with Crippen LogP contribution in [0.2, 0.25) is 0 Å². The molecule has 0 bridgehead atoms. The van der Waals surface area contributed by atoms with E-state index in [9.17, 15) is 9.50 Å². The molecule has 4 aromatic heterocycles. The summed E-state index contributed by atoms with van der Waals surface area (Å²) in [6.07, 6.45) is 9.41. The first-order valence-electron chi connectivity index (χ1n) is 13.2. The molecular formula is C31H27FN6O. The maximum Gasteiger partial charge on any atom is 0.127 e. The summed E-state index contributed by atoms with van der Waals surface area (Å²) < 4.78 is 14.0. The van der Waals surface area contributed by atoms with Crippen LogP contribution in [-0.4, -0.2) is 48.2 Å². The Hall–Kier alpha value is -4.56. The Labute approximate surface area is 224 Å². The van der Waals surface area contributed by atoms with Gasteiger partial charge in [-0.3, -0.25) is 20.0 Å². The number of likely N-dealkylation sites (tertiary alicyclic amines) is 1. The number of pyridine rings is 2. The average Bonchev–Trinajstić information content (AvgIpc) is 3.57. The smallest absolute Gasteiger partial charge is 0.127 e. The number of fused-ring (bicyclic) bond motifs is 2. The van der Waals surface area contributed by atoms with Crippen LogP contribution in [0.3, 0.4) is 0 Å². The van der Waals surface area contributed by atoms with Gasteiger partial charge in [0.15, 0.2) is 0 Å². The van der Waals surface area contributed by atoms with Crippen LogP contribution in [0.4, 0.5) is 4.39 Å². The molecule has 7 rings (SSSR count). The van der Waals surface area contributed by atoms with Crippen molar-refractivity contribution in [1.82, 2.24) is 30.0 Å². The van der Waals surface area contributed by atoms with Crippen LogP contribution < -0.4 is 0 Å². The molecule has 194 valence electrons. The Balaban J connectivity index is 1.26. The summed E-state index contributed by atoms with van der Waals surface area (Å²) >= 11 is 0. The third kappa shape index (κ3) is 4.53. The molecule has 39 heavy (non-hydrogen) atoms. The Morgan fingerprint density at radius 3 is 2.56 bits per heavy atom. The number of rotatable bonds is 5. The van der Waals surface area contributed by atoms with Crippen LogP contribution in [0.25, 0.3) is 55.6 Å². The second kappa shape index (κ2) is 9.63. The molecule has 0 saturated carbocycles. The van der Waals surface area contributed by atoms with E-state index in [4.69, 9.17) is 0 Å². The molecular weight excluding hydrogens is 491 g/mol. The SMILES string of the molecule is Oc1cc(F)cc(-c2nccc3[nH]c(-c4n[nH]c5ccc(-c6cncc(CN7CCCCC7)c6)cc45)cc23)c1. The lowest BCUT2D eigenvalue weighted by atomic mass is 10.0. The third-order valence-corrected chi connectivity index (χ3v) is 7.51. The Bertz CT molecular complexity index is 1800. The molecule has 8 heteroatoms. The van der Waals surface area contributed by atoms with E-state index in [-0.39, 0.29) is 5.75 Å². The van der Waals surface area contributed by atoms with Gasteiger partial charge in [-0.05, 0) is 79.5 Å². The van der Waals surface area contributed by atoms with Crippen LogP contribution in [0.5, 0.6) is 5.75 Å². The summed E-state index contributed by atoms with van der Waals surface area (Å²) in [4.78, 5) is 15.0. The lowest BCUT2D eigenvalue weighted by Gasteiger charge is -2.26. The molecule has 2 aromatic carbocycles. The molecule has 1 aliphatic heterocycles. The fourth-order valence-corrected chi connectivity index (χ4v) is 5.63. The third-order valence-electron chi connectivity index (χ3n) is 7.51. The lowest BCUT2D eigenvalue weighted by Crippen LogP contribution is -2.29. The van der Waals surface area contributed by atoms with E-state index in [1.54, 1.807) is 6.20 Å². The molecule has 0 atom stereocenters. The quantitative estimate of drug-likeness (QED) is 0.237. The minimum Gasteiger partial charge on any atom is -0.508 e. The predicted molar refractivity (Wildman–Crippen MR) is 151 cm³/mol. The Morgan fingerprint density at radius 2 is 1.69 bits per heavy atom. The number of phenolic OH excluding ortho intramolecular Hbond substituents is 1. The number of H-pyrrole nitrogens is 2. The zero-order valence-corrected chi connectivity index (χ0v) is 21.3. The van der Waals surface area contributed by atoms with Gasteiger partial charge in [0.05, 0.1) is 16.9 Å². The number of halogens is 1. The number of aromatic amines is 2. The van der Waals surface area contributed by atoms with Gasteiger partial charge in [0.2, 0.25) is 0 Å². The highest BCUT2D eigenvalue weighted by molar-refractivity contribution is 6.00. The van der Waals surface area contributed by atoms with E-state index in [0.29, 0.717) is 11.3 Å². The van der Waals surface area contributed by atoms with E-state index in [0.717, 1.165) is 70.0 Å². The highest BCUT2D eigenvalue weighted by atomic mass is 19.1. The molecule has 1 aliphatic rings. The molecule has 3 N–H and O–H groups in total. The van der Waals surface area contributed by atoms with Crippen molar-refractivity contribution >= 4 is 21.8 Å². The number of benzene rings is 2. The molecule has 0 spiro atoms. The predicted octanol–water partition coefficient (Wildman–Crippen LogP) is 6.67. The van der Waals surface area contributed by atoms with Crippen molar-refractivity contribution in [3.8, 4) is 39.5 Å². The van der Waals surface area contributed by atoms with Crippen molar-refractivity contribution in [2.45, 2.75) is 25.8 Å². The van der Waals surface area contributed by atoms with Crippen LogP contribution in [0, 0.1) is 5.82 Å². The molecule has 0 radical (unpaired) electrons. The van der Waals surface area contributed by atoms with E-state index in [1.165, 1.54) is 37.0 Å². The number of nitrogens with one attached hydrogen (secondary N) is 2. The zero-order chi connectivity index (χ0) is 26.3. The van der Waals surface area contributed by atoms with Crippen molar-refractivity contribution in [3.05, 3.63) is 84.6 Å². The van der Waals surface area contributed by atoms with Gasteiger partial charge in [-0.2, -0.15) is 5.10 Å². The monoisotopic (exact) mass is 518 g/mol. The van der Waals surface area contributed by atoms with Gasteiger partial charge in [0.25, 0.3) is 0 Å². The number of nitrogens with zero attached hydrogens (tertiary/aromatic N) is 4. The largest absolute Gasteiger partial charge is 0.508 e. The maximum absolute atomic E-state index is 14.0. The molecule has 0 amide bonds. The first-order chi connectivity index (χ1) is 19.1. The first-order valence-corrected chi connectivity index (χ1v) is 13.2. The van der Waals surface area contributed by atoms with Crippen molar-refractivity contribution in [1.29, 1.82) is 0 Å². The van der Waals surface area contributed by atoms with E-state index < -0.39 is 5.82 Å². The van der Waals surface area contributed by atoms with Crippen molar-refractivity contribution < 1.29 is 9.50 Å². The van der Waals surface area contributed by atoms with Gasteiger partial charge >= 0.3 is 0 Å². The van der Waals surface area contributed by atoms with Gasteiger partial charge in [0.1, 0.15) is 17.3 Å². The second-order valence-corrected chi connectivity index (χ2v) is 10.3. The minimum absolute atomic E-state index is 0.139. The second-order valence-electron chi connectivity index (χ2n) is 10.3. The summed E-state index contributed by atoms with van der Waals surface area (Å²) in [7, 11) is 0. The summed E-state index contributed by atoms with van der Waals surface area (Å²) in [5.74, 6) is -0.653. The topological polar surface area (TPSA) is 93.7 Å². The molecule has 1 saturated heterocycles. The standard InChI is InChI=1S/C31H27FN6O/c32-23-11-21(12-24(39)14-23)30-26-15-29(35-27(26)6-7-34-30)31-25-13-20(4-5-28(25)36-37-31)22-10-19(16-33-17-22)18-38-8-2-1-3-9-38/h4-7,10-17,35,39H,1-3,8-9,18H2,(H,36,37). The highest BCUT2D eigenvalue weighted by Crippen LogP contribution is 2.35. The van der Waals surface area contributed by atoms with E-state index >= 15 is 0 Å². The van der Waals surface area contributed by atoms with Crippen LogP contribution in [-0.2, 0) is 6.54 Å². The summed E-state index contributed by atoms with van der Waals surface area (Å²) in [5, 5.41) is 19.5. The maximum atomic E-state index is 14.0. The van der Waals surface area contributed by atoms with Gasteiger partial charge in [-0.25, -0.2) is 4.39 Å². The number of piperidine rings is 1.